The molecule has 4 nitrogen and oxygen atoms in total. The number of rotatable bonds is 5. The van der Waals surface area contributed by atoms with Gasteiger partial charge in [0.25, 0.3) is 0 Å². The van der Waals surface area contributed by atoms with Gasteiger partial charge in [0.1, 0.15) is 6.54 Å². The third-order valence-corrected chi connectivity index (χ3v) is 2.29. The molecular weight excluding hydrogens is 223 g/mol. The Morgan fingerprint density at radius 2 is 2.06 bits per heavy atom. The maximum Gasteiger partial charge on any atom is 0.405 e. The van der Waals surface area contributed by atoms with Crippen molar-refractivity contribution in [1.82, 2.24) is 10.2 Å². The molecule has 0 aliphatic heterocycles. The molecule has 0 aromatic rings. The quantitative estimate of drug-likeness (QED) is 0.754. The van der Waals surface area contributed by atoms with E-state index in [1.807, 2.05) is 5.32 Å². The van der Waals surface area contributed by atoms with Crippen molar-refractivity contribution in [3.8, 4) is 0 Å². The highest BCUT2D eigenvalue weighted by Gasteiger charge is 2.34. The van der Waals surface area contributed by atoms with Crippen molar-refractivity contribution in [2.45, 2.75) is 31.5 Å². The predicted molar refractivity (Wildman–Crippen MR) is 52.9 cm³/mol. The van der Waals surface area contributed by atoms with Crippen LogP contribution < -0.4 is 11.1 Å². The number of carbonyl (C=O) groups is 1. The molecule has 1 aliphatic carbocycles. The van der Waals surface area contributed by atoms with Crippen molar-refractivity contribution in [3.63, 3.8) is 0 Å². The summed E-state index contributed by atoms with van der Waals surface area (Å²) in [5.74, 6) is 0. The fraction of sp³-hybridized carbons (Fsp3) is 0.889. The lowest BCUT2D eigenvalue weighted by molar-refractivity contribution is -0.123. The number of hydrogen-bond acceptors (Lipinski definition) is 2. The summed E-state index contributed by atoms with van der Waals surface area (Å²) in [4.78, 5) is 12.9. The largest absolute Gasteiger partial charge is 0.405 e. The van der Waals surface area contributed by atoms with Gasteiger partial charge < -0.3 is 16.0 Å². The van der Waals surface area contributed by atoms with Gasteiger partial charge in [0.15, 0.2) is 0 Å². The van der Waals surface area contributed by atoms with Gasteiger partial charge in [0.05, 0.1) is 0 Å². The maximum atomic E-state index is 11.9. The SMILES string of the molecule is NCCCN(C(=O)NCC(F)(F)F)C1CC1. The van der Waals surface area contributed by atoms with Gasteiger partial charge in [0, 0.05) is 12.6 Å². The maximum absolute atomic E-state index is 11.9. The highest BCUT2D eigenvalue weighted by molar-refractivity contribution is 5.74. The number of urea groups is 1. The van der Waals surface area contributed by atoms with Gasteiger partial charge in [-0.25, -0.2) is 4.79 Å². The third-order valence-electron chi connectivity index (χ3n) is 2.29. The van der Waals surface area contributed by atoms with Crippen LogP contribution in [-0.4, -0.2) is 42.8 Å². The van der Waals surface area contributed by atoms with Crippen molar-refractivity contribution in [2.24, 2.45) is 5.73 Å². The number of alkyl halides is 3. The Bertz CT molecular complexity index is 241. The second-order valence-electron chi connectivity index (χ2n) is 3.84. The van der Waals surface area contributed by atoms with Crippen molar-refractivity contribution in [2.75, 3.05) is 19.6 Å². The van der Waals surface area contributed by atoms with E-state index in [-0.39, 0.29) is 6.04 Å². The number of nitrogens with one attached hydrogen (secondary N) is 1. The fourth-order valence-electron chi connectivity index (χ4n) is 1.38. The minimum absolute atomic E-state index is 0.0970. The molecule has 0 aromatic heterocycles. The standard InChI is InChI=1S/C9H16F3N3O/c10-9(11,12)6-14-8(16)15(5-1-4-13)7-2-3-7/h7H,1-6,13H2,(H,14,16). The molecule has 0 heterocycles. The Kier molecular flexibility index (Phi) is 4.40. The molecule has 1 fully saturated rings. The van der Waals surface area contributed by atoms with E-state index < -0.39 is 18.8 Å². The first-order chi connectivity index (χ1) is 7.44. The normalized spacial score (nSPS) is 16.0. The van der Waals surface area contributed by atoms with Crippen LogP contribution in [0.4, 0.5) is 18.0 Å². The average molecular weight is 239 g/mol. The summed E-state index contributed by atoms with van der Waals surface area (Å²) in [5, 5.41) is 1.87. The fourth-order valence-corrected chi connectivity index (χ4v) is 1.38. The Morgan fingerprint density at radius 3 is 2.50 bits per heavy atom. The monoisotopic (exact) mass is 239 g/mol. The molecule has 0 aromatic carbocycles. The van der Waals surface area contributed by atoms with Crippen LogP contribution >= 0.6 is 0 Å². The van der Waals surface area contributed by atoms with Gasteiger partial charge in [-0.15, -0.1) is 0 Å². The van der Waals surface area contributed by atoms with Crippen molar-refractivity contribution >= 4 is 6.03 Å². The van der Waals surface area contributed by atoms with E-state index in [0.717, 1.165) is 12.8 Å². The second-order valence-corrected chi connectivity index (χ2v) is 3.84. The van der Waals surface area contributed by atoms with E-state index in [1.165, 1.54) is 4.90 Å². The third kappa shape index (κ3) is 4.69. The van der Waals surface area contributed by atoms with Crippen LogP contribution in [0, 0.1) is 0 Å². The zero-order valence-corrected chi connectivity index (χ0v) is 8.89. The smallest absolute Gasteiger partial charge is 0.330 e. The van der Waals surface area contributed by atoms with Crippen LogP contribution in [0.3, 0.4) is 0 Å². The summed E-state index contributed by atoms with van der Waals surface area (Å²) >= 11 is 0. The topological polar surface area (TPSA) is 58.4 Å². The van der Waals surface area contributed by atoms with Gasteiger partial charge in [0.2, 0.25) is 0 Å². The van der Waals surface area contributed by atoms with E-state index in [0.29, 0.717) is 19.5 Å². The van der Waals surface area contributed by atoms with Gasteiger partial charge in [-0.2, -0.15) is 13.2 Å². The summed E-state index contributed by atoms with van der Waals surface area (Å²) in [5.41, 5.74) is 5.30. The van der Waals surface area contributed by atoms with Crippen LogP contribution in [0.25, 0.3) is 0 Å². The van der Waals surface area contributed by atoms with Crippen molar-refractivity contribution < 1.29 is 18.0 Å². The molecule has 0 bridgehead atoms. The summed E-state index contributed by atoms with van der Waals surface area (Å²) in [6.45, 7) is -0.432. The highest BCUT2D eigenvalue weighted by atomic mass is 19.4. The zero-order chi connectivity index (χ0) is 12.2. The van der Waals surface area contributed by atoms with E-state index >= 15 is 0 Å². The molecular formula is C9H16F3N3O. The number of carbonyl (C=O) groups excluding carboxylic acids is 1. The predicted octanol–water partition coefficient (Wildman–Crippen LogP) is 1.07. The van der Waals surface area contributed by atoms with Crippen LogP contribution in [0.5, 0.6) is 0 Å². The molecule has 0 spiro atoms. The first kappa shape index (κ1) is 13.1. The van der Waals surface area contributed by atoms with Gasteiger partial charge >= 0.3 is 12.2 Å². The molecule has 1 saturated carbocycles. The minimum Gasteiger partial charge on any atom is -0.330 e. The number of hydrogen-bond donors (Lipinski definition) is 2. The van der Waals surface area contributed by atoms with E-state index in [2.05, 4.69) is 0 Å². The van der Waals surface area contributed by atoms with E-state index in [1.54, 1.807) is 0 Å². The van der Waals surface area contributed by atoms with Crippen LogP contribution in [0.1, 0.15) is 19.3 Å². The van der Waals surface area contributed by atoms with Gasteiger partial charge in [-0.3, -0.25) is 0 Å². The van der Waals surface area contributed by atoms with Crippen LogP contribution in [-0.2, 0) is 0 Å². The van der Waals surface area contributed by atoms with Gasteiger partial charge in [-0.1, -0.05) is 0 Å². The molecule has 2 amide bonds. The zero-order valence-electron chi connectivity index (χ0n) is 8.89. The number of amides is 2. The van der Waals surface area contributed by atoms with Crippen LogP contribution in [0.2, 0.25) is 0 Å². The number of nitrogens with zero attached hydrogens (tertiary/aromatic N) is 1. The summed E-state index contributed by atoms with van der Waals surface area (Å²) < 4.78 is 35.7. The average Bonchev–Trinajstić information content (AvgIpc) is 2.98. The molecule has 1 rings (SSSR count). The summed E-state index contributed by atoms with van der Waals surface area (Å²) in [7, 11) is 0. The molecule has 0 radical (unpaired) electrons. The second kappa shape index (κ2) is 5.38. The lowest BCUT2D eigenvalue weighted by Crippen LogP contribution is -2.45. The Labute approximate surface area is 92.0 Å². The first-order valence-electron chi connectivity index (χ1n) is 5.25. The lowest BCUT2D eigenvalue weighted by Gasteiger charge is -2.22. The molecule has 0 saturated heterocycles. The molecule has 0 atom stereocenters. The summed E-state index contributed by atoms with van der Waals surface area (Å²) in [6, 6.07) is -0.548. The molecule has 3 N–H and O–H groups in total. The van der Waals surface area contributed by atoms with E-state index in [9.17, 15) is 18.0 Å². The molecule has 16 heavy (non-hydrogen) atoms. The van der Waals surface area contributed by atoms with Crippen molar-refractivity contribution in [3.05, 3.63) is 0 Å². The number of nitrogens with two attached hydrogens (primary N) is 1. The van der Waals surface area contributed by atoms with E-state index in [4.69, 9.17) is 5.73 Å². The summed E-state index contributed by atoms with van der Waals surface area (Å²) in [6.07, 6.45) is -2.03. The highest BCUT2D eigenvalue weighted by Crippen LogP contribution is 2.27. The lowest BCUT2D eigenvalue weighted by atomic mass is 10.4. The number of halogens is 3. The minimum atomic E-state index is -4.36. The first-order valence-corrected chi connectivity index (χ1v) is 5.25. The Morgan fingerprint density at radius 1 is 1.44 bits per heavy atom. The van der Waals surface area contributed by atoms with Crippen molar-refractivity contribution in [1.29, 1.82) is 0 Å². The molecule has 94 valence electrons. The Hall–Kier alpha value is -0.980. The molecule has 7 heteroatoms. The Balaban J connectivity index is 2.35. The molecule has 0 unspecified atom stereocenters. The van der Waals surface area contributed by atoms with Gasteiger partial charge in [-0.05, 0) is 25.8 Å². The van der Waals surface area contributed by atoms with Crippen LogP contribution in [0.15, 0.2) is 0 Å². The molecule has 1 aliphatic rings.